The number of rotatable bonds is 5. The molecule has 1 saturated carbocycles. The lowest BCUT2D eigenvalue weighted by atomic mass is 9.70. The fourth-order valence-electron chi connectivity index (χ4n) is 3.78. The fraction of sp³-hybridized carbons (Fsp3) is 0.333. The molecule has 1 N–H and O–H groups in total. The van der Waals surface area contributed by atoms with Gasteiger partial charge < -0.3 is 5.11 Å². The molecule has 0 amide bonds. The molecule has 0 radical (unpaired) electrons. The molecule has 0 heterocycles. The first-order valence-electron chi connectivity index (χ1n) is 8.47. The fourth-order valence-corrected chi connectivity index (χ4v) is 3.78. The minimum absolute atomic E-state index is 0.0726. The molecule has 2 aromatic carbocycles. The summed E-state index contributed by atoms with van der Waals surface area (Å²) >= 11 is 0. The molecule has 0 saturated heterocycles. The Balaban J connectivity index is 2.00. The maximum Gasteiger partial charge on any atom is 0.314 e. The Kier molecular flexibility index (Phi) is 4.52. The third-order valence-electron chi connectivity index (χ3n) is 5.38. The Morgan fingerprint density at radius 2 is 1.58 bits per heavy atom. The van der Waals surface area contributed by atoms with E-state index in [9.17, 15) is 14.7 Å². The third-order valence-corrected chi connectivity index (χ3v) is 5.38. The van der Waals surface area contributed by atoms with Crippen molar-refractivity contribution in [3.05, 3.63) is 71.3 Å². The van der Waals surface area contributed by atoms with Gasteiger partial charge in [-0.1, -0.05) is 61.4 Å². The highest BCUT2D eigenvalue weighted by Crippen LogP contribution is 2.42. The van der Waals surface area contributed by atoms with Crippen LogP contribution >= 0.6 is 0 Å². The summed E-state index contributed by atoms with van der Waals surface area (Å²) in [5, 5.41) is 9.91. The van der Waals surface area contributed by atoms with E-state index in [2.05, 4.69) is 0 Å². The number of carbonyl (C=O) groups is 2. The van der Waals surface area contributed by atoms with E-state index < -0.39 is 11.4 Å². The number of ketones is 1. The van der Waals surface area contributed by atoms with Gasteiger partial charge in [-0.25, -0.2) is 0 Å². The van der Waals surface area contributed by atoms with E-state index in [0.717, 1.165) is 31.2 Å². The SMILES string of the molecule is CC(C(=O)O)(c1cccc(C(=O)c2ccccc2)c1)C1CCCC1. The lowest BCUT2D eigenvalue weighted by Crippen LogP contribution is -2.39. The van der Waals surface area contributed by atoms with E-state index in [1.807, 2.05) is 24.3 Å². The molecule has 124 valence electrons. The van der Waals surface area contributed by atoms with Gasteiger partial charge in [-0.2, -0.15) is 0 Å². The van der Waals surface area contributed by atoms with Crippen LogP contribution in [0.5, 0.6) is 0 Å². The minimum Gasteiger partial charge on any atom is -0.481 e. The van der Waals surface area contributed by atoms with Crippen LogP contribution in [0.15, 0.2) is 54.6 Å². The Hall–Kier alpha value is -2.42. The second-order valence-electron chi connectivity index (χ2n) is 6.76. The van der Waals surface area contributed by atoms with Gasteiger partial charge in [0.25, 0.3) is 0 Å². The van der Waals surface area contributed by atoms with Crippen molar-refractivity contribution in [1.29, 1.82) is 0 Å². The van der Waals surface area contributed by atoms with Gasteiger partial charge >= 0.3 is 5.97 Å². The average Bonchev–Trinajstić information content (AvgIpc) is 3.16. The van der Waals surface area contributed by atoms with Crippen molar-refractivity contribution >= 4 is 11.8 Å². The van der Waals surface area contributed by atoms with Gasteiger partial charge in [0.05, 0.1) is 5.41 Å². The zero-order valence-corrected chi connectivity index (χ0v) is 13.9. The molecule has 0 aromatic heterocycles. The van der Waals surface area contributed by atoms with E-state index >= 15 is 0 Å². The lowest BCUT2D eigenvalue weighted by Gasteiger charge is -2.32. The highest BCUT2D eigenvalue weighted by molar-refractivity contribution is 6.09. The van der Waals surface area contributed by atoms with E-state index in [4.69, 9.17) is 0 Å². The van der Waals surface area contributed by atoms with Gasteiger partial charge in [0.1, 0.15) is 0 Å². The number of carboxylic acids is 1. The van der Waals surface area contributed by atoms with Gasteiger partial charge in [-0.05, 0) is 37.3 Å². The monoisotopic (exact) mass is 322 g/mol. The van der Waals surface area contributed by atoms with Gasteiger partial charge in [0, 0.05) is 11.1 Å². The van der Waals surface area contributed by atoms with Gasteiger partial charge in [-0.3, -0.25) is 9.59 Å². The first kappa shape index (κ1) is 16.4. The topological polar surface area (TPSA) is 54.4 Å². The van der Waals surface area contributed by atoms with Gasteiger partial charge in [0.2, 0.25) is 0 Å². The molecular weight excluding hydrogens is 300 g/mol. The summed E-state index contributed by atoms with van der Waals surface area (Å²) in [4.78, 5) is 24.7. The molecule has 1 unspecified atom stereocenters. The van der Waals surface area contributed by atoms with E-state index in [1.54, 1.807) is 37.3 Å². The zero-order valence-electron chi connectivity index (χ0n) is 13.9. The summed E-state index contributed by atoms with van der Waals surface area (Å²) < 4.78 is 0. The van der Waals surface area contributed by atoms with Crippen molar-refractivity contribution < 1.29 is 14.7 Å². The molecular formula is C21H22O3. The molecule has 2 aromatic rings. The summed E-state index contributed by atoms with van der Waals surface area (Å²) in [6.45, 7) is 1.80. The molecule has 0 bridgehead atoms. The Morgan fingerprint density at radius 1 is 0.958 bits per heavy atom. The Bertz CT molecular complexity index is 745. The standard InChI is InChI=1S/C21H22O3/c1-21(20(23)24,17-11-5-6-12-17)18-13-7-10-16(14-18)19(22)15-8-3-2-4-9-15/h2-4,7-10,13-14,17H,5-6,11-12H2,1H3,(H,23,24). The summed E-state index contributed by atoms with van der Waals surface area (Å²) in [6, 6.07) is 16.3. The molecule has 1 aliphatic rings. The highest BCUT2D eigenvalue weighted by atomic mass is 16.4. The van der Waals surface area contributed by atoms with Crippen LogP contribution in [0, 0.1) is 5.92 Å². The first-order valence-corrected chi connectivity index (χ1v) is 8.47. The molecule has 1 aliphatic carbocycles. The summed E-state index contributed by atoms with van der Waals surface area (Å²) in [5.41, 5.74) is 0.948. The van der Waals surface area contributed by atoms with Gasteiger partial charge in [-0.15, -0.1) is 0 Å². The normalized spacial score (nSPS) is 17.4. The summed E-state index contributed by atoms with van der Waals surface area (Å²) in [5.74, 6) is -0.757. The van der Waals surface area contributed by atoms with Crippen molar-refractivity contribution in [3.8, 4) is 0 Å². The first-order chi connectivity index (χ1) is 11.5. The highest BCUT2D eigenvalue weighted by Gasteiger charge is 2.44. The molecule has 3 nitrogen and oxygen atoms in total. The van der Waals surface area contributed by atoms with Gasteiger partial charge in [0.15, 0.2) is 5.78 Å². The van der Waals surface area contributed by atoms with E-state index in [-0.39, 0.29) is 11.7 Å². The maximum absolute atomic E-state index is 12.7. The smallest absolute Gasteiger partial charge is 0.314 e. The second-order valence-corrected chi connectivity index (χ2v) is 6.76. The zero-order chi connectivity index (χ0) is 17.2. The average molecular weight is 322 g/mol. The molecule has 0 spiro atoms. The van der Waals surface area contributed by atoms with Crippen LogP contribution < -0.4 is 0 Å². The van der Waals surface area contributed by atoms with E-state index in [1.165, 1.54) is 0 Å². The molecule has 3 heteroatoms. The second kappa shape index (κ2) is 6.60. The molecule has 1 atom stereocenters. The number of hydrogen-bond donors (Lipinski definition) is 1. The number of carboxylic acid groups (broad SMARTS) is 1. The lowest BCUT2D eigenvalue weighted by molar-refractivity contribution is -0.145. The van der Waals surface area contributed by atoms with Crippen molar-refractivity contribution in [2.45, 2.75) is 38.0 Å². The van der Waals surface area contributed by atoms with Crippen LogP contribution in [0.2, 0.25) is 0 Å². The summed E-state index contributed by atoms with van der Waals surface area (Å²) in [7, 11) is 0. The summed E-state index contributed by atoms with van der Waals surface area (Å²) in [6.07, 6.45) is 4.02. The number of carbonyl (C=O) groups excluding carboxylic acids is 1. The molecule has 0 aliphatic heterocycles. The van der Waals surface area contributed by atoms with Crippen LogP contribution in [0.1, 0.15) is 54.1 Å². The third kappa shape index (κ3) is 2.86. The quantitative estimate of drug-likeness (QED) is 0.827. The Morgan fingerprint density at radius 3 is 2.21 bits per heavy atom. The van der Waals surface area contributed by atoms with Crippen LogP contribution in [0.3, 0.4) is 0 Å². The van der Waals surface area contributed by atoms with Crippen molar-refractivity contribution in [2.24, 2.45) is 5.92 Å². The minimum atomic E-state index is -0.941. The molecule has 3 rings (SSSR count). The van der Waals surface area contributed by atoms with E-state index in [0.29, 0.717) is 11.1 Å². The van der Waals surface area contributed by atoms with Crippen molar-refractivity contribution in [2.75, 3.05) is 0 Å². The van der Waals surface area contributed by atoms with Crippen LogP contribution in [-0.4, -0.2) is 16.9 Å². The number of hydrogen-bond acceptors (Lipinski definition) is 2. The maximum atomic E-state index is 12.7. The molecule has 24 heavy (non-hydrogen) atoms. The Labute approximate surface area is 142 Å². The van der Waals surface area contributed by atoms with Crippen LogP contribution in [0.4, 0.5) is 0 Å². The van der Waals surface area contributed by atoms with Crippen molar-refractivity contribution in [3.63, 3.8) is 0 Å². The number of aliphatic carboxylic acids is 1. The largest absolute Gasteiger partial charge is 0.481 e. The van der Waals surface area contributed by atoms with Crippen LogP contribution in [0.25, 0.3) is 0 Å². The number of benzene rings is 2. The molecule has 1 fully saturated rings. The predicted molar refractivity (Wildman–Crippen MR) is 93.3 cm³/mol. The predicted octanol–water partition coefficient (Wildman–Crippen LogP) is 4.45. The van der Waals surface area contributed by atoms with Crippen molar-refractivity contribution in [1.82, 2.24) is 0 Å². The van der Waals surface area contributed by atoms with Crippen LogP contribution in [-0.2, 0) is 10.2 Å².